The van der Waals surface area contributed by atoms with E-state index in [1.165, 1.54) is 6.07 Å². The number of nitro benzene ring substituents is 1. The molecule has 2 aliphatic heterocycles. The minimum Gasteiger partial charge on any atom is -0.338 e. The summed E-state index contributed by atoms with van der Waals surface area (Å²) in [7, 11) is 0. The van der Waals surface area contributed by atoms with Crippen LogP contribution in [0.25, 0.3) is 0 Å². The Kier molecular flexibility index (Phi) is 3.77. The molecule has 0 bridgehead atoms. The monoisotopic (exact) mass is 329 g/mol. The third-order valence-corrected chi connectivity index (χ3v) is 4.93. The van der Waals surface area contributed by atoms with Crippen LogP contribution in [0.5, 0.6) is 0 Å². The lowest BCUT2D eigenvalue weighted by Crippen LogP contribution is -2.32. The summed E-state index contributed by atoms with van der Waals surface area (Å²) in [5, 5.41) is 14.3. The smallest absolute Gasteiger partial charge is 0.271 e. The van der Waals surface area contributed by atoms with Gasteiger partial charge in [0.15, 0.2) is 0 Å². The molecule has 2 aliphatic rings. The molecule has 2 heterocycles. The average molecular weight is 330 g/mol. The van der Waals surface area contributed by atoms with Crippen LogP contribution in [0.1, 0.15) is 10.4 Å². The van der Waals surface area contributed by atoms with Crippen LogP contribution < -0.4 is 5.32 Å². The first kappa shape index (κ1) is 14.6. The van der Waals surface area contributed by atoms with Gasteiger partial charge in [-0.3, -0.25) is 14.9 Å². The summed E-state index contributed by atoms with van der Waals surface area (Å²) >= 11 is 11.9. The summed E-state index contributed by atoms with van der Waals surface area (Å²) < 4.78 is 0. The maximum Gasteiger partial charge on any atom is 0.271 e. The third-order valence-electron chi connectivity index (χ3n) is 4.13. The van der Waals surface area contributed by atoms with Crippen molar-refractivity contribution in [2.24, 2.45) is 11.8 Å². The second kappa shape index (κ2) is 5.44. The predicted molar refractivity (Wildman–Crippen MR) is 78.9 cm³/mol. The molecule has 0 spiro atoms. The van der Waals surface area contributed by atoms with Crippen molar-refractivity contribution >= 4 is 34.8 Å². The normalized spacial score (nSPS) is 24.2. The van der Waals surface area contributed by atoms with E-state index in [4.69, 9.17) is 23.2 Å². The van der Waals surface area contributed by atoms with Crippen molar-refractivity contribution in [3.8, 4) is 0 Å². The molecule has 8 heteroatoms. The Balaban J connectivity index is 1.89. The molecule has 2 unspecified atom stereocenters. The summed E-state index contributed by atoms with van der Waals surface area (Å²) in [6.07, 6.45) is 0. The van der Waals surface area contributed by atoms with Gasteiger partial charge in [-0.05, 0) is 11.8 Å². The summed E-state index contributed by atoms with van der Waals surface area (Å²) in [6, 6.07) is 2.35. The lowest BCUT2D eigenvalue weighted by atomic mass is 10.0. The molecule has 0 aliphatic carbocycles. The van der Waals surface area contributed by atoms with E-state index in [2.05, 4.69) is 5.32 Å². The molecule has 1 N–H and O–H groups in total. The number of carbonyl (C=O) groups excluding carboxylic acids is 1. The van der Waals surface area contributed by atoms with E-state index < -0.39 is 4.92 Å². The van der Waals surface area contributed by atoms with E-state index in [-0.39, 0.29) is 27.2 Å². The van der Waals surface area contributed by atoms with Gasteiger partial charge in [-0.1, -0.05) is 23.2 Å². The van der Waals surface area contributed by atoms with Gasteiger partial charge in [0.25, 0.3) is 11.6 Å². The Morgan fingerprint density at radius 3 is 2.48 bits per heavy atom. The van der Waals surface area contributed by atoms with Crippen molar-refractivity contribution in [3.05, 3.63) is 37.9 Å². The lowest BCUT2D eigenvalue weighted by molar-refractivity contribution is -0.384. The predicted octanol–water partition coefficient (Wildman–Crippen LogP) is 2.19. The van der Waals surface area contributed by atoms with Crippen molar-refractivity contribution in [1.82, 2.24) is 10.2 Å². The number of nitrogens with one attached hydrogen (secondary N) is 1. The molecule has 1 amide bonds. The van der Waals surface area contributed by atoms with Gasteiger partial charge >= 0.3 is 0 Å². The number of non-ortho nitro benzene ring substituents is 1. The van der Waals surface area contributed by atoms with Gasteiger partial charge in [0, 0.05) is 38.3 Å². The number of likely N-dealkylation sites (tertiary alicyclic amines) is 1. The first-order valence-electron chi connectivity index (χ1n) is 6.61. The number of amides is 1. The molecule has 2 fully saturated rings. The fourth-order valence-corrected chi connectivity index (χ4v) is 3.43. The van der Waals surface area contributed by atoms with E-state index in [1.54, 1.807) is 4.90 Å². The average Bonchev–Trinajstić information content (AvgIpc) is 3.01. The van der Waals surface area contributed by atoms with Crippen LogP contribution in [-0.4, -0.2) is 41.9 Å². The van der Waals surface area contributed by atoms with Gasteiger partial charge in [0.2, 0.25) is 0 Å². The first-order chi connectivity index (χ1) is 9.97. The van der Waals surface area contributed by atoms with Crippen LogP contribution in [0.3, 0.4) is 0 Å². The van der Waals surface area contributed by atoms with E-state index in [0.29, 0.717) is 24.9 Å². The zero-order valence-corrected chi connectivity index (χ0v) is 12.5. The number of halogens is 2. The van der Waals surface area contributed by atoms with Gasteiger partial charge in [-0.15, -0.1) is 0 Å². The number of carbonyl (C=O) groups is 1. The van der Waals surface area contributed by atoms with E-state index >= 15 is 0 Å². The van der Waals surface area contributed by atoms with Crippen LogP contribution >= 0.6 is 23.2 Å². The standard InChI is InChI=1S/C13H13Cl2N3O3/c14-11-2-9(18(20)21)1-10(12(11)15)13(19)17-5-7-3-16-4-8(7)6-17/h1-2,7-8,16H,3-6H2. The van der Waals surface area contributed by atoms with Crippen molar-refractivity contribution in [2.45, 2.75) is 0 Å². The summed E-state index contributed by atoms with van der Waals surface area (Å²) in [4.78, 5) is 24.6. The number of fused-ring (bicyclic) bond motifs is 1. The minimum absolute atomic E-state index is 0.0234. The largest absolute Gasteiger partial charge is 0.338 e. The van der Waals surface area contributed by atoms with Crippen molar-refractivity contribution in [3.63, 3.8) is 0 Å². The molecule has 1 aromatic carbocycles. The number of nitro groups is 1. The van der Waals surface area contributed by atoms with Gasteiger partial charge in [0.1, 0.15) is 0 Å². The summed E-state index contributed by atoms with van der Waals surface area (Å²) in [6.45, 7) is 3.09. The van der Waals surface area contributed by atoms with E-state index in [9.17, 15) is 14.9 Å². The maximum atomic E-state index is 12.6. The number of hydrogen-bond acceptors (Lipinski definition) is 4. The molecule has 2 atom stereocenters. The van der Waals surface area contributed by atoms with Crippen molar-refractivity contribution < 1.29 is 9.72 Å². The molecule has 0 aromatic heterocycles. The molecular weight excluding hydrogens is 317 g/mol. The maximum absolute atomic E-state index is 12.6. The number of benzene rings is 1. The summed E-state index contributed by atoms with van der Waals surface area (Å²) in [5.74, 6) is 0.601. The number of nitrogens with zero attached hydrogens (tertiary/aromatic N) is 2. The molecule has 21 heavy (non-hydrogen) atoms. The number of rotatable bonds is 2. The highest BCUT2D eigenvalue weighted by molar-refractivity contribution is 6.44. The van der Waals surface area contributed by atoms with Crippen LogP contribution in [0.15, 0.2) is 12.1 Å². The second-order valence-corrected chi connectivity index (χ2v) is 6.22. The number of hydrogen-bond donors (Lipinski definition) is 1. The van der Waals surface area contributed by atoms with Gasteiger partial charge in [0.05, 0.1) is 20.5 Å². The van der Waals surface area contributed by atoms with Crippen LogP contribution in [0, 0.1) is 22.0 Å². The minimum atomic E-state index is -0.582. The highest BCUT2D eigenvalue weighted by Crippen LogP contribution is 2.34. The van der Waals surface area contributed by atoms with Crippen LogP contribution in [0.4, 0.5) is 5.69 Å². The Morgan fingerprint density at radius 1 is 1.29 bits per heavy atom. The lowest BCUT2D eigenvalue weighted by Gasteiger charge is -2.18. The molecule has 2 saturated heterocycles. The van der Waals surface area contributed by atoms with Crippen LogP contribution in [-0.2, 0) is 0 Å². The van der Waals surface area contributed by atoms with Crippen LogP contribution in [0.2, 0.25) is 10.0 Å². The molecule has 1 aromatic rings. The topological polar surface area (TPSA) is 75.5 Å². The Hall–Kier alpha value is -1.37. The van der Waals surface area contributed by atoms with Crippen molar-refractivity contribution in [2.75, 3.05) is 26.2 Å². The summed E-state index contributed by atoms with van der Waals surface area (Å²) in [5.41, 5.74) is -0.127. The van der Waals surface area contributed by atoms with Crippen molar-refractivity contribution in [1.29, 1.82) is 0 Å². The fourth-order valence-electron chi connectivity index (χ4n) is 3.03. The Labute approximate surface area is 131 Å². The quantitative estimate of drug-likeness (QED) is 0.666. The SMILES string of the molecule is O=C(c1cc([N+](=O)[O-])cc(Cl)c1Cl)N1CC2CNCC2C1. The third kappa shape index (κ3) is 2.59. The molecule has 0 saturated carbocycles. The second-order valence-electron chi connectivity index (χ2n) is 5.43. The molecule has 112 valence electrons. The zero-order valence-electron chi connectivity index (χ0n) is 11.0. The van der Waals surface area contributed by atoms with E-state index in [1.807, 2.05) is 0 Å². The zero-order chi connectivity index (χ0) is 15.1. The first-order valence-corrected chi connectivity index (χ1v) is 7.36. The Morgan fingerprint density at radius 2 is 1.90 bits per heavy atom. The highest BCUT2D eigenvalue weighted by Gasteiger charge is 2.39. The molecule has 6 nitrogen and oxygen atoms in total. The fraction of sp³-hybridized carbons (Fsp3) is 0.462. The van der Waals surface area contributed by atoms with Gasteiger partial charge in [-0.25, -0.2) is 0 Å². The van der Waals surface area contributed by atoms with Gasteiger partial charge < -0.3 is 10.2 Å². The molecule has 0 radical (unpaired) electrons. The Bertz CT molecular complexity index is 611. The molecular formula is C13H13Cl2N3O3. The highest BCUT2D eigenvalue weighted by atomic mass is 35.5. The van der Waals surface area contributed by atoms with Gasteiger partial charge in [-0.2, -0.15) is 0 Å². The van der Waals surface area contributed by atoms with E-state index in [0.717, 1.165) is 19.2 Å². The molecule has 3 rings (SSSR count).